The Balaban J connectivity index is 4.35. The number of likely N-dealkylation sites (N-methyl/N-ethyl adjacent to an activating group) is 1. The molecule has 2 atom stereocenters. The maximum absolute atomic E-state index is 12.8. The molecule has 0 aliphatic heterocycles. The summed E-state index contributed by atoms with van der Waals surface area (Å²) in [6.07, 6.45) is 68.0. The molecule has 0 aliphatic rings. The lowest BCUT2D eigenvalue weighted by Crippen LogP contribution is -2.55. The summed E-state index contributed by atoms with van der Waals surface area (Å²) in [5.74, 6) is -1.80. The zero-order chi connectivity index (χ0) is 49.2. The van der Waals surface area contributed by atoms with E-state index in [1.807, 2.05) is 0 Å². The molecule has 0 N–H and O–H groups in total. The fourth-order valence-electron chi connectivity index (χ4n) is 6.89. The number of hydrogen-bond donors (Lipinski definition) is 0. The maximum Gasteiger partial charge on any atom is 0.306 e. The van der Waals surface area contributed by atoms with Gasteiger partial charge in [0, 0.05) is 19.3 Å². The van der Waals surface area contributed by atoms with Crippen molar-refractivity contribution in [2.75, 3.05) is 41.0 Å². The molecule has 0 saturated heterocycles. The predicted octanol–water partition coefficient (Wildman–Crippen LogP) is 14.0. The summed E-state index contributed by atoms with van der Waals surface area (Å²) < 4.78 is 17.2. The van der Waals surface area contributed by atoms with Gasteiger partial charge in [-0.1, -0.05) is 180 Å². The Labute approximate surface area is 410 Å². The molecule has 8 nitrogen and oxygen atoms in total. The van der Waals surface area contributed by atoms with E-state index in [-0.39, 0.29) is 42.7 Å². The van der Waals surface area contributed by atoms with E-state index in [0.29, 0.717) is 12.8 Å². The number of quaternary nitrogens is 1. The first kappa shape index (κ1) is 62.7. The Hall–Kier alpha value is -4.27. The summed E-state index contributed by atoms with van der Waals surface area (Å²) in [5.41, 5.74) is 0. The molecule has 0 aromatic heterocycles. The van der Waals surface area contributed by atoms with Crippen LogP contribution in [0.25, 0.3) is 0 Å². The average molecular weight is 930 g/mol. The molecule has 8 heteroatoms. The van der Waals surface area contributed by atoms with E-state index >= 15 is 0 Å². The van der Waals surface area contributed by atoms with Crippen LogP contribution in [0.4, 0.5) is 0 Å². The van der Waals surface area contributed by atoms with Gasteiger partial charge in [-0.05, 0) is 103 Å². The van der Waals surface area contributed by atoms with Crippen LogP contribution < -0.4 is 5.11 Å². The van der Waals surface area contributed by atoms with Crippen molar-refractivity contribution in [2.45, 2.75) is 193 Å². The van der Waals surface area contributed by atoms with Gasteiger partial charge in [-0.15, -0.1) is 0 Å². The van der Waals surface area contributed by atoms with Gasteiger partial charge >= 0.3 is 11.9 Å². The molecule has 0 radical (unpaired) electrons. The number of hydrogen-bond acceptors (Lipinski definition) is 7. The van der Waals surface area contributed by atoms with Gasteiger partial charge in [0.25, 0.3) is 0 Å². The van der Waals surface area contributed by atoms with Gasteiger partial charge in [0.2, 0.25) is 0 Å². The van der Waals surface area contributed by atoms with Crippen molar-refractivity contribution >= 4 is 17.9 Å². The van der Waals surface area contributed by atoms with Crippen LogP contribution in [0.5, 0.6) is 0 Å². The van der Waals surface area contributed by atoms with Crippen LogP contribution in [0.1, 0.15) is 181 Å². The zero-order valence-corrected chi connectivity index (χ0v) is 43.0. The SMILES string of the molecule is CC/C=C/C/C=C/C/C=C/C/C=C/C/C=C/C/C=C/CCCCCCC(=O)OCC(COCCC(C(=O)[O-])[N+](C)(C)C)OC(=O)CCCCCCCCC/C=C/C/C=C/C/C=C/C/C=C/CC. The van der Waals surface area contributed by atoms with E-state index in [1.54, 1.807) is 21.1 Å². The number of esters is 2. The molecular formula is C59H95NO7. The maximum atomic E-state index is 12.8. The third kappa shape index (κ3) is 46.6. The first-order chi connectivity index (χ1) is 32.6. The van der Waals surface area contributed by atoms with Crippen molar-refractivity contribution in [2.24, 2.45) is 0 Å². The Morgan fingerprint density at radius 3 is 1.16 bits per heavy atom. The normalized spacial score (nSPS) is 13.9. The van der Waals surface area contributed by atoms with Crippen LogP contribution in [-0.2, 0) is 28.6 Å². The smallest absolute Gasteiger partial charge is 0.306 e. The van der Waals surface area contributed by atoms with Gasteiger partial charge in [-0.2, -0.15) is 0 Å². The highest BCUT2D eigenvalue weighted by Gasteiger charge is 2.25. The van der Waals surface area contributed by atoms with E-state index in [1.165, 1.54) is 19.3 Å². The van der Waals surface area contributed by atoms with Crippen LogP contribution in [-0.4, -0.2) is 75.5 Å². The lowest BCUT2D eigenvalue weighted by molar-refractivity contribution is -0.889. The quantitative estimate of drug-likeness (QED) is 0.0259. The van der Waals surface area contributed by atoms with Gasteiger partial charge in [-0.3, -0.25) is 9.59 Å². The number of aliphatic carboxylic acids is 1. The van der Waals surface area contributed by atoms with Crippen LogP contribution in [0, 0.1) is 0 Å². The van der Waals surface area contributed by atoms with Gasteiger partial charge < -0.3 is 28.6 Å². The number of rotatable bonds is 45. The predicted molar refractivity (Wildman–Crippen MR) is 281 cm³/mol. The lowest BCUT2D eigenvalue weighted by atomic mass is 10.1. The number of nitrogens with zero attached hydrogens (tertiary/aromatic N) is 1. The summed E-state index contributed by atoms with van der Waals surface area (Å²) in [6, 6.07) is -0.741. The molecule has 2 unspecified atom stereocenters. The molecule has 0 aliphatic carbocycles. The average Bonchev–Trinajstić information content (AvgIpc) is 3.29. The lowest BCUT2D eigenvalue weighted by Gasteiger charge is -2.34. The number of ether oxygens (including phenoxy) is 3. The third-order valence-electron chi connectivity index (χ3n) is 10.8. The Morgan fingerprint density at radius 1 is 0.448 bits per heavy atom. The number of carbonyl (C=O) groups is 3. The fraction of sp³-hybridized carbons (Fsp3) is 0.610. The number of unbranched alkanes of at least 4 members (excludes halogenated alkanes) is 11. The van der Waals surface area contributed by atoms with Crippen molar-refractivity contribution in [1.82, 2.24) is 0 Å². The largest absolute Gasteiger partial charge is 0.544 e. The first-order valence-corrected chi connectivity index (χ1v) is 26.1. The monoisotopic (exact) mass is 930 g/mol. The van der Waals surface area contributed by atoms with Gasteiger partial charge in [0.05, 0.1) is 40.3 Å². The van der Waals surface area contributed by atoms with Gasteiger partial charge in [0.15, 0.2) is 6.10 Å². The molecule has 0 heterocycles. The molecule has 0 amide bonds. The Kier molecular flexibility index (Phi) is 45.1. The second-order valence-electron chi connectivity index (χ2n) is 18.0. The summed E-state index contributed by atoms with van der Waals surface area (Å²) in [5, 5.41) is 11.7. The standard InChI is InChI=1S/C59H95NO7/c1-6-8-10-12-14-16-18-20-22-24-26-28-29-30-32-33-35-37-39-41-43-45-47-49-57(61)66-54-55(53-65-52-51-56(59(63)64)60(3,4)5)67-58(62)50-48-46-44-42-40-38-36-34-31-27-25-23-21-19-17-15-13-11-9-7-2/h8-11,14-17,20-23,26-28,30-32,35,37,55-56H,6-7,12-13,18-19,24-25,29,33-34,36,38-54H2,1-5H3/b10-8+,11-9+,16-14+,17-15+,22-20+,23-21+,28-26+,31-27+,32-30+,37-35+. The molecule has 0 rings (SSSR count). The topological polar surface area (TPSA) is 102 Å². The summed E-state index contributed by atoms with van der Waals surface area (Å²) >= 11 is 0. The summed E-state index contributed by atoms with van der Waals surface area (Å²) in [4.78, 5) is 37.1. The third-order valence-corrected chi connectivity index (χ3v) is 10.8. The molecule has 378 valence electrons. The minimum Gasteiger partial charge on any atom is -0.544 e. The highest BCUT2D eigenvalue weighted by Crippen LogP contribution is 2.13. The van der Waals surface area contributed by atoms with Crippen LogP contribution in [0.15, 0.2) is 122 Å². The minimum absolute atomic E-state index is 0.0193. The van der Waals surface area contributed by atoms with Gasteiger partial charge in [0.1, 0.15) is 12.6 Å². The minimum atomic E-state index is -1.14. The second-order valence-corrected chi connectivity index (χ2v) is 18.0. The van der Waals surface area contributed by atoms with Crippen molar-refractivity contribution < 1.29 is 38.2 Å². The van der Waals surface area contributed by atoms with E-state index < -0.39 is 18.1 Å². The molecule has 0 aromatic rings. The van der Waals surface area contributed by atoms with E-state index in [4.69, 9.17) is 14.2 Å². The molecule has 0 aromatic carbocycles. The fourth-order valence-corrected chi connectivity index (χ4v) is 6.89. The second kappa shape index (κ2) is 48.2. The molecule has 0 spiro atoms. The first-order valence-electron chi connectivity index (χ1n) is 26.1. The van der Waals surface area contributed by atoms with E-state index in [9.17, 15) is 19.5 Å². The van der Waals surface area contributed by atoms with Crippen molar-refractivity contribution in [3.05, 3.63) is 122 Å². The van der Waals surface area contributed by atoms with Crippen molar-refractivity contribution in [3.8, 4) is 0 Å². The molecule has 67 heavy (non-hydrogen) atoms. The molecular weight excluding hydrogens is 835 g/mol. The highest BCUT2D eigenvalue weighted by molar-refractivity contribution is 5.70. The van der Waals surface area contributed by atoms with Crippen LogP contribution >= 0.6 is 0 Å². The van der Waals surface area contributed by atoms with Gasteiger partial charge in [-0.25, -0.2) is 0 Å². The van der Waals surface area contributed by atoms with Crippen molar-refractivity contribution in [1.29, 1.82) is 0 Å². The number of carbonyl (C=O) groups excluding carboxylic acids is 3. The Morgan fingerprint density at radius 2 is 0.791 bits per heavy atom. The summed E-state index contributed by atoms with van der Waals surface area (Å²) in [7, 11) is 5.39. The van der Waals surface area contributed by atoms with Crippen LogP contribution in [0.2, 0.25) is 0 Å². The number of carboxylic acid groups (broad SMARTS) is 1. The van der Waals surface area contributed by atoms with E-state index in [2.05, 4.69) is 135 Å². The number of allylic oxidation sites excluding steroid dienone is 20. The molecule has 0 saturated carbocycles. The molecule has 0 bridgehead atoms. The summed E-state index contributed by atoms with van der Waals surface area (Å²) in [6.45, 7) is 4.38. The Bertz CT molecular complexity index is 1500. The highest BCUT2D eigenvalue weighted by atomic mass is 16.6. The number of carboxylic acids is 1. The van der Waals surface area contributed by atoms with Crippen LogP contribution in [0.3, 0.4) is 0 Å². The molecule has 0 fully saturated rings. The zero-order valence-electron chi connectivity index (χ0n) is 43.0. The van der Waals surface area contributed by atoms with E-state index in [0.717, 1.165) is 128 Å². The van der Waals surface area contributed by atoms with Crippen molar-refractivity contribution in [3.63, 3.8) is 0 Å².